The lowest BCUT2D eigenvalue weighted by molar-refractivity contribution is -0.120. The van der Waals surface area contributed by atoms with E-state index >= 15 is 0 Å². The highest BCUT2D eigenvalue weighted by atomic mass is 32.1. The number of nitrogens with two attached hydrogens (primary N) is 1. The highest BCUT2D eigenvalue weighted by molar-refractivity contribution is 7.13. The summed E-state index contributed by atoms with van der Waals surface area (Å²) < 4.78 is 0. The van der Waals surface area contributed by atoms with Crippen LogP contribution in [0.25, 0.3) is 11.3 Å². The molecule has 0 radical (unpaired) electrons. The van der Waals surface area contributed by atoms with Crippen LogP contribution >= 0.6 is 11.3 Å². The van der Waals surface area contributed by atoms with E-state index in [1.807, 2.05) is 43.5 Å². The smallest absolute Gasteiger partial charge is 0.227 e. The topological polar surface area (TPSA) is 68.0 Å². The Morgan fingerprint density at radius 2 is 2.15 bits per heavy atom. The number of benzene rings is 1. The average Bonchev–Trinajstić information content (AvgIpc) is 2.87. The third kappa shape index (κ3) is 3.36. The van der Waals surface area contributed by atoms with Gasteiger partial charge in [-0.25, -0.2) is 4.98 Å². The van der Waals surface area contributed by atoms with E-state index in [-0.39, 0.29) is 11.8 Å². The molecule has 0 bridgehead atoms. The zero-order valence-electron chi connectivity index (χ0n) is 11.7. The predicted molar refractivity (Wildman–Crippen MR) is 84.7 cm³/mol. The number of amides is 1. The average molecular weight is 289 g/mol. The summed E-state index contributed by atoms with van der Waals surface area (Å²) in [5.41, 5.74) is 8.24. The molecule has 3 N–H and O–H groups in total. The molecule has 4 nitrogen and oxygen atoms in total. The highest BCUT2D eigenvalue weighted by Gasteiger charge is 2.14. The van der Waals surface area contributed by atoms with Gasteiger partial charge in [-0.05, 0) is 25.0 Å². The number of hydrogen-bond acceptors (Lipinski definition) is 4. The van der Waals surface area contributed by atoms with Gasteiger partial charge in [0.25, 0.3) is 0 Å². The van der Waals surface area contributed by atoms with E-state index in [0.717, 1.165) is 29.8 Å². The van der Waals surface area contributed by atoms with Crippen molar-refractivity contribution in [3.8, 4) is 11.3 Å². The van der Waals surface area contributed by atoms with E-state index in [0.29, 0.717) is 5.13 Å². The molecule has 0 aliphatic heterocycles. The molecule has 0 fully saturated rings. The Balaban J connectivity index is 2.16. The molecule has 0 saturated heterocycles. The molecular formula is C15H19N3OS. The number of rotatable bonds is 5. The van der Waals surface area contributed by atoms with Crippen molar-refractivity contribution < 1.29 is 4.79 Å². The van der Waals surface area contributed by atoms with Crippen LogP contribution in [0.5, 0.6) is 0 Å². The first-order valence-electron chi connectivity index (χ1n) is 6.76. The number of anilines is 2. The zero-order valence-corrected chi connectivity index (χ0v) is 12.5. The van der Waals surface area contributed by atoms with E-state index in [9.17, 15) is 4.79 Å². The van der Waals surface area contributed by atoms with Crippen LogP contribution in [0.15, 0.2) is 29.6 Å². The summed E-state index contributed by atoms with van der Waals surface area (Å²) in [5, 5.41) is 5.43. The molecule has 0 saturated carbocycles. The molecule has 0 aliphatic rings. The SMILES string of the molecule is CCC(CC)C(=O)Nc1cccc(-c2csc(N)n2)c1. The molecule has 1 heterocycles. The van der Waals surface area contributed by atoms with Crippen LogP contribution in [0.4, 0.5) is 10.8 Å². The van der Waals surface area contributed by atoms with Gasteiger partial charge in [-0.2, -0.15) is 0 Å². The lowest BCUT2D eigenvalue weighted by Crippen LogP contribution is -2.21. The lowest BCUT2D eigenvalue weighted by atomic mass is 10.0. The second-order valence-corrected chi connectivity index (χ2v) is 5.54. The van der Waals surface area contributed by atoms with Crippen molar-refractivity contribution in [2.24, 2.45) is 5.92 Å². The number of nitrogens with one attached hydrogen (secondary N) is 1. The van der Waals surface area contributed by atoms with Crippen molar-refractivity contribution in [1.82, 2.24) is 4.98 Å². The summed E-state index contributed by atoms with van der Waals surface area (Å²) in [6.45, 7) is 4.06. The van der Waals surface area contributed by atoms with E-state index in [4.69, 9.17) is 5.73 Å². The molecule has 0 aliphatic carbocycles. The van der Waals surface area contributed by atoms with Crippen LogP contribution in [0, 0.1) is 5.92 Å². The monoisotopic (exact) mass is 289 g/mol. The lowest BCUT2D eigenvalue weighted by Gasteiger charge is -2.13. The van der Waals surface area contributed by atoms with Gasteiger partial charge < -0.3 is 11.1 Å². The van der Waals surface area contributed by atoms with Gasteiger partial charge in [0.1, 0.15) is 0 Å². The van der Waals surface area contributed by atoms with Gasteiger partial charge >= 0.3 is 0 Å². The van der Waals surface area contributed by atoms with E-state index in [1.165, 1.54) is 11.3 Å². The third-order valence-electron chi connectivity index (χ3n) is 3.30. The minimum absolute atomic E-state index is 0.0635. The fraction of sp³-hybridized carbons (Fsp3) is 0.333. The number of aromatic nitrogens is 1. The van der Waals surface area contributed by atoms with Gasteiger partial charge in [-0.15, -0.1) is 11.3 Å². The van der Waals surface area contributed by atoms with Gasteiger partial charge in [0.05, 0.1) is 5.69 Å². The molecule has 1 amide bonds. The van der Waals surface area contributed by atoms with Crippen molar-refractivity contribution in [3.63, 3.8) is 0 Å². The van der Waals surface area contributed by atoms with Crippen LogP contribution in [-0.4, -0.2) is 10.9 Å². The molecular weight excluding hydrogens is 270 g/mol. The number of nitrogens with zero attached hydrogens (tertiary/aromatic N) is 1. The first kappa shape index (κ1) is 14.5. The van der Waals surface area contributed by atoms with Crippen LogP contribution < -0.4 is 11.1 Å². The Hall–Kier alpha value is -1.88. The van der Waals surface area contributed by atoms with Gasteiger partial charge in [0.2, 0.25) is 5.91 Å². The fourth-order valence-corrected chi connectivity index (χ4v) is 2.65. The summed E-state index contributed by atoms with van der Waals surface area (Å²) in [7, 11) is 0. The van der Waals surface area contributed by atoms with Gasteiger partial charge in [0.15, 0.2) is 5.13 Å². The van der Waals surface area contributed by atoms with Crippen LogP contribution in [0.1, 0.15) is 26.7 Å². The maximum atomic E-state index is 12.1. The fourth-order valence-electron chi connectivity index (χ4n) is 2.08. The van der Waals surface area contributed by atoms with Crippen molar-refractivity contribution in [2.75, 3.05) is 11.1 Å². The molecule has 0 spiro atoms. The Morgan fingerprint density at radius 3 is 2.75 bits per heavy atom. The van der Waals surface area contributed by atoms with Gasteiger partial charge in [0, 0.05) is 22.5 Å². The Labute approximate surface area is 123 Å². The van der Waals surface area contributed by atoms with Crippen molar-refractivity contribution in [3.05, 3.63) is 29.6 Å². The third-order valence-corrected chi connectivity index (χ3v) is 3.98. The molecule has 2 aromatic rings. The van der Waals surface area contributed by atoms with Crippen molar-refractivity contribution in [2.45, 2.75) is 26.7 Å². The normalized spacial score (nSPS) is 10.8. The maximum Gasteiger partial charge on any atom is 0.227 e. The predicted octanol–water partition coefficient (Wildman–Crippen LogP) is 3.77. The number of carbonyl (C=O) groups excluding carboxylic acids is 1. The first-order chi connectivity index (χ1) is 9.63. The molecule has 1 aromatic carbocycles. The molecule has 1 aromatic heterocycles. The molecule has 106 valence electrons. The number of thiazole rings is 1. The van der Waals surface area contributed by atoms with Crippen molar-refractivity contribution >= 4 is 28.1 Å². The van der Waals surface area contributed by atoms with Gasteiger partial charge in [-0.3, -0.25) is 4.79 Å². The Kier molecular flexibility index (Phi) is 4.74. The number of carbonyl (C=O) groups is 1. The quantitative estimate of drug-likeness (QED) is 0.880. The molecule has 5 heteroatoms. The minimum atomic E-state index is 0.0635. The molecule has 0 unspecified atom stereocenters. The highest BCUT2D eigenvalue weighted by Crippen LogP contribution is 2.25. The van der Waals surface area contributed by atoms with Crippen molar-refractivity contribution in [1.29, 1.82) is 0 Å². The standard InChI is InChI=1S/C15H19N3OS/c1-3-10(4-2)14(19)17-12-7-5-6-11(8-12)13-9-20-15(16)18-13/h5-10H,3-4H2,1-2H3,(H2,16,18)(H,17,19). The summed E-state index contributed by atoms with van der Waals surface area (Å²) in [6.07, 6.45) is 1.70. The first-order valence-corrected chi connectivity index (χ1v) is 7.64. The largest absolute Gasteiger partial charge is 0.375 e. The zero-order chi connectivity index (χ0) is 14.5. The molecule has 20 heavy (non-hydrogen) atoms. The Morgan fingerprint density at radius 1 is 1.40 bits per heavy atom. The van der Waals surface area contributed by atoms with Crippen LogP contribution in [0.3, 0.4) is 0 Å². The minimum Gasteiger partial charge on any atom is -0.375 e. The van der Waals surface area contributed by atoms with E-state index in [1.54, 1.807) is 0 Å². The van der Waals surface area contributed by atoms with E-state index < -0.39 is 0 Å². The number of hydrogen-bond donors (Lipinski definition) is 2. The summed E-state index contributed by atoms with van der Waals surface area (Å²) in [4.78, 5) is 16.3. The molecule has 0 atom stereocenters. The maximum absolute atomic E-state index is 12.1. The van der Waals surface area contributed by atoms with Crippen LogP contribution in [0.2, 0.25) is 0 Å². The summed E-state index contributed by atoms with van der Waals surface area (Å²) in [5.74, 6) is 0.138. The number of nitrogen functional groups attached to an aromatic ring is 1. The summed E-state index contributed by atoms with van der Waals surface area (Å²) >= 11 is 1.41. The van der Waals surface area contributed by atoms with Gasteiger partial charge in [-0.1, -0.05) is 26.0 Å². The van der Waals surface area contributed by atoms with E-state index in [2.05, 4.69) is 10.3 Å². The van der Waals surface area contributed by atoms with Crippen LogP contribution in [-0.2, 0) is 4.79 Å². The summed E-state index contributed by atoms with van der Waals surface area (Å²) in [6, 6.07) is 7.68. The second-order valence-electron chi connectivity index (χ2n) is 4.65. The Bertz CT molecular complexity index is 590. The second kappa shape index (κ2) is 6.52. The molecule has 2 rings (SSSR count).